The van der Waals surface area contributed by atoms with Gasteiger partial charge in [-0.15, -0.1) is 0 Å². The minimum absolute atomic E-state index is 0.478. The first-order valence-corrected chi connectivity index (χ1v) is 6.27. The predicted octanol–water partition coefficient (Wildman–Crippen LogP) is 2.14. The number of aryl methyl sites for hydroxylation is 1. The minimum Gasteiger partial charge on any atom is -0.441 e. The first kappa shape index (κ1) is 12.4. The lowest BCUT2D eigenvalue weighted by Gasteiger charge is -2.18. The van der Waals surface area contributed by atoms with Gasteiger partial charge in [0.15, 0.2) is 11.5 Å². The highest BCUT2D eigenvalue weighted by Gasteiger charge is 2.08. The maximum atomic E-state index is 5.66. The SMILES string of the molecule is Cc1nc2cc(N(C)Cc3nccc(N)n3)ccc2o1. The van der Waals surface area contributed by atoms with Crippen molar-refractivity contribution in [3.05, 3.63) is 42.2 Å². The number of oxazole rings is 1. The van der Waals surface area contributed by atoms with E-state index in [0.717, 1.165) is 16.8 Å². The van der Waals surface area contributed by atoms with E-state index in [9.17, 15) is 0 Å². The van der Waals surface area contributed by atoms with Crippen LogP contribution in [0.25, 0.3) is 11.1 Å². The van der Waals surface area contributed by atoms with Crippen LogP contribution in [0, 0.1) is 6.92 Å². The lowest BCUT2D eigenvalue weighted by molar-refractivity contribution is 0.561. The molecule has 0 radical (unpaired) electrons. The van der Waals surface area contributed by atoms with Crippen LogP contribution in [0.1, 0.15) is 11.7 Å². The molecule has 20 heavy (non-hydrogen) atoms. The molecular formula is C14H15N5O. The third kappa shape index (κ3) is 2.40. The quantitative estimate of drug-likeness (QED) is 0.784. The van der Waals surface area contributed by atoms with E-state index in [0.29, 0.717) is 24.1 Å². The molecule has 2 heterocycles. The summed E-state index contributed by atoms with van der Waals surface area (Å²) in [6, 6.07) is 7.56. The molecule has 0 aliphatic rings. The Morgan fingerprint density at radius 2 is 2.10 bits per heavy atom. The Bertz CT molecular complexity index is 752. The Balaban J connectivity index is 1.86. The van der Waals surface area contributed by atoms with Crippen LogP contribution < -0.4 is 10.6 Å². The van der Waals surface area contributed by atoms with Gasteiger partial charge in [-0.3, -0.25) is 0 Å². The van der Waals surface area contributed by atoms with E-state index >= 15 is 0 Å². The number of nitrogens with zero attached hydrogens (tertiary/aromatic N) is 4. The second-order valence-corrected chi connectivity index (χ2v) is 4.64. The first-order valence-electron chi connectivity index (χ1n) is 6.27. The van der Waals surface area contributed by atoms with Gasteiger partial charge in [0.1, 0.15) is 17.2 Å². The maximum absolute atomic E-state index is 5.66. The molecule has 0 aliphatic heterocycles. The summed E-state index contributed by atoms with van der Waals surface area (Å²) in [5.41, 5.74) is 8.32. The normalized spacial score (nSPS) is 10.9. The summed E-state index contributed by atoms with van der Waals surface area (Å²) < 4.78 is 5.47. The highest BCUT2D eigenvalue weighted by atomic mass is 16.3. The summed E-state index contributed by atoms with van der Waals surface area (Å²) in [6.07, 6.45) is 1.66. The van der Waals surface area contributed by atoms with Crippen LogP contribution in [-0.4, -0.2) is 22.0 Å². The summed E-state index contributed by atoms with van der Waals surface area (Å²) in [6.45, 7) is 2.41. The van der Waals surface area contributed by atoms with Gasteiger partial charge in [-0.2, -0.15) is 0 Å². The Hall–Kier alpha value is -2.63. The fourth-order valence-corrected chi connectivity index (χ4v) is 2.06. The third-order valence-electron chi connectivity index (χ3n) is 3.02. The molecule has 2 N–H and O–H groups in total. The molecular weight excluding hydrogens is 254 g/mol. The first-order chi connectivity index (χ1) is 9.61. The fraction of sp³-hybridized carbons (Fsp3) is 0.214. The van der Waals surface area contributed by atoms with E-state index < -0.39 is 0 Å². The highest BCUT2D eigenvalue weighted by Crippen LogP contribution is 2.22. The van der Waals surface area contributed by atoms with Crippen LogP contribution in [0.5, 0.6) is 0 Å². The number of hydrogen-bond acceptors (Lipinski definition) is 6. The van der Waals surface area contributed by atoms with Crippen molar-refractivity contribution in [1.29, 1.82) is 0 Å². The van der Waals surface area contributed by atoms with E-state index in [1.165, 1.54) is 0 Å². The zero-order valence-corrected chi connectivity index (χ0v) is 11.4. The van der Waals surface area contributed by atoms with Gasteiger partial charge in [-0.25, -0.2) is 15.0 Å². The fourth-order valence-electron chi connectivity index (χ4n) is 2.06. The maximum Gasteiger partial charge on any atom is 0.192 e. The van der Waals surface area contributed by atoms with Gasteiger partial charge in [0.25, 0.3) is 0 Å². The number of benzene rings is 1. The molecule has 6 nitrogen and oxygen atoms in total. The van der Waals surface area contributed by atoms with Gasteiger partial charge in [-0.05, 0) is 24.3 Å². The van der Waals surface area contributed by atoms with Crippen molar-refractivity contribution in [2.75, 3.05) is 17.7 Å². The highest BCUT2D eigenvalue weighted by molar-refractivity contribution is 5.77. The number of nitrogens with two attached hydrogens (primary N) is 1. The van der Waals surface area contributed by atoms with Crippen molar-refractivity contribution in [3.63, 3.8) is 0 Å². The van der Waals surface area contributed by atoms with Crippen LogP contribution in [0.2, 0.25) is 0 Å². The Morgan fingerprint density at radius 1 is 1.25 bits per heavy atom. The van der Waals surface area contributed by atoms with Crippen molar-refractivity contribution in [2.45, 2.75) is 13.5 Å². The van der Waals surface area contributed by atoms with Gasteiger partial charge in [-0.1, -0.05) is 0 Å². The number of aromatic nitrogens is 3. The molecule has 3 rings (SSSR count). The molecule has 0 atom stereocenters. The van der Waals surface area contributed by atoms with Gasteiger partial charge in [0, 0.05) is 25.9 Å². The number of anilines is 2. The summed E-state index contributed by atoms with van der Waals surface area (Å²) in [4.78, 5) is 14.8. The van der Waals surface area contributed by atoms with E-state index in [1.54, 1.807) is 12.3 Å². The summed E-state index contributed by atoms with van der Waals surface area (Å²) >= 11 is 0. The standard InChI is InChI=1S/C14H15N5O/c1-9-17-11-7-10(3-4-12(11)20-9)19(2)8-14-16-6-5-13(15)18-14/h3-7H,8H2,1-2H3,(H2,15,16,18). The van der Waals surface area contributed by atoms with E-state index in [2.05, 4.69) is 15.0 Å². The Morgan fingerprint density at radius 3 is 2.90 bits per heavy atom. The topological polar surface area (TPSA) is 81.1 Å². The number of nitrogen functional groups attached to an aromatic ring is 1. The van der Waals surface area contributed by atoms with E-state index in [4.69, 9.17) is 10.2 Å². The molecule has 0 amide bonds. The second kappa shape index (κ2) is 4.80. The molecule has 0 bridgehead atoms. The third-order valence-corrected chi connectivity index (χ3v) is 3.02. The number of rotatable bonds is 3. The summed E-state index contributed by atoms with van der Waals surface area (Å²) in [5, 5.41) is 0. The van der Waals surface area contributed by atoms with Crippen molar-refractivity contribution in [3.8, 4) is 0 Å². The average Bonchev–Trinajstić information content (AvgIpc) is 2.77. The number of hydrogen-bond donors (Lipinski definition) is 1. The molecule has 2 aromatic heterocycles. The van der Waals surface area contributed by atoms with Crippen LogP contribution in [0.3, 0.4) is 0 Å². The van der Waals surface area contributed by atoms with Crippen molar-refractivity contribution < 1.29 is 4.42 Å². The van der Waals surface area contributed by atoms with Gasteiger partial charge >= 0.3 is 0 Å². The van der Waals surface area contributed by atoms with Crippen molar-refractivity contribution in [1.82, 2.24) is 15.0 Å². The lowest BCUT2D eigenvalue weighted by Crippen LogP contribution is -2.18. The molecule has 0 fully saturated rings. The molecule has 0 spiro atoms. The second-order valence-electron chi connectivity index (χ2n) is 4.64. The van der Waals surface area contributed by atoms with Crippen molar-refractivity contribution in [2.24, 2.45) is 0 Å². The molecule has 102 valence electrons. The van der Waals surface area contributed by atoms with Crippen molar-refractivity contribution >= 4 is 22.6 Å². The monoisotopic (exact) mass is 269 g/mol. The lowest BCUT2D eigenvalue weighted by atomic mass is 10.2. The number of fused-ring (bicyclic) bond motifs is 1. The van der Waals surface area contributed by atoms with Gasteiger partial charge in [0.05, 0.1) is 6.54 Å². The van der Waals surface area contributed by atoms with Crippen LogP contribution in [-0.2, 0) is 6.54 Å². The van der Waals surface area contributed by atoms with E-state index in [-0.39, 0.29) is 0 Å². The summed E-state index contributed by atoms with van der Waals surface area (Å²) in [7, 11) is 1.97. The largest absolute Gasteiger partial charge is 0.441 e. The Kier molecular flexibility index (Phi) is 2.98. The molecule has 0 unspecified atom stereocenters. The predicted molar refractivity (Wildman–Crippen MR) is 77.3 cm³/mol. The average molecular weight is 269 g/mol. The Labute approximate surface area is 116 Å². The van der Waals surface area contributed by atoms with Gasteiger partial charge < -0.3 is 15.1 Å². The smallest absolute Gasteiger partial charge is 0.192 e. The molecule has 0 saturated carbocycles. The molecule has 0 aliphatic carbocycles. The zero-order chi connectivity index (χ0) is 14.1. The van der Waals surface area contributed by atoms with E-state index in [1.807, 2.05) is 37.1 Å². The van der Waals surface area contributed by atoms with Crippen LogP contribution in [0.4, 0.5) is 11.5 Å². The minimum atomic E-state index is 0.478. The molecule has 0 saturated heterocycles. The molecule has 6 heteroatoms. The molecule has 3 aromatic rings. The van der Waals surface area contributed by atoms with Gasteiger partial charge in [0.2, 0.25) is 0 Å². The zero-order valence-electron chi connectivity index (χ0n) is 11.4. The van der Waals surface area contributed by atoms with Crippen LogP contribution in [0.15, 0.2) is 34.9 Å². The van der Waals surface area contributed by atoms with Crippen LogP contribution >= 0.6 is 0 Å². The molecule has 1 aromatic carbocycles. The summed E-state index contributed by atoms with van der Waals surface area (Å²) in [5.74, 6) is 1.83.